The van der Waals surface area contributed by atoms with Crippen LogP contribution < -0.4 is 10.1 Å². The average Bonchev–Trinajstić information content (AvgIpc) is 3.13. The molecular weight excluding hydrogens is 388 g/mol. The van der Waals surface area contributed by atoms with E-state index in [0.717, 1.165) is 5.56 Å². The fourth-order valence-corrected chi connectivity index (χ4v) is 3.72. The molecule has 8 heteroatoms. The Kier molecular flexibility index (Phi) is 4.75. The van der Waals surface area contributed by atoms with Crippen LogP contribution in [-0.4, -0.2) is 39.7 Å². The molecule has 0 aliphatic carbocycles. The lowest BCUT2D eigenvalue weighted by Gasteiger charge is -2.26. The number of methoxy groups -OCH3 is 1. The van der Waals surface area contributed by atoms with Crippen molar-refractivity contribution in [3.8, 4) is 11.4 Å². The highest BCUT2D eigenvalue weighted by molar-refractivity contribution is 6.04. The molecule has 3 N–H and O–H groups in total. The molecule has 152 valence electrons. The predicted molar refractivity (Wildman–Crippen MR) is 108 cm³/mol. The van der Waals surface area contributed by atoms with Crippen LogP contribution in [0.5, 0.6) is 5.75 Å². The van der Waals surface area contributed by atoms with Gasteiger partial charge in [-0.2, -0.15) is 0 Å². The summed E-state index contributed by atoms with van der Waals surface area (Å²) >= 11 is 0. The molecule has 0 saturated heterocycles. The summed E-state index contributed by atoms with van der Waals surface area (Å²) in [7, 11) is 1.56. The van der Waals surface area contributed by atoms with E-state index in [1.807, 2.05) is 0 Å². The molecule has 0 unspecified atom stereocenters. The first-order valence-corrected chi connectivity index (χ1v) is 9.15. The number of fused-ring (bicyclic) bond motifs is 1. The highest BCUT2D eigenvalue weighted by atomic mass is 16.5. The number of aromatic carboxylic acids is 2. The van der Waals surface area contributed by atoms with E-state index in [9.17, 15) is 19.5 Å². The van der Waals surface area contributed by atoms with E-state index in [-0.39, 0.29) is 29.1 Å². The predicted octanol–water partition coefficient (Wildman–Crippen LogP) is 3.36. The van der Waals surface area contributed by atoms with E-state index < -0.39 is 17.9 Å². The number of carbonyl (C=O) groups excluding carboxylic acids is 1. The maximum atomic E-state index is 12.4. The molecule has 1 aromatic heterocycles. The maximum Gasteiger partial charge on any atom is 0.339 e. The zero-order chi connectivity index (χ0) is 21.4. The van der Waals surface area contributed by atoms with Crippen molar-refractivity contribution in [1.82, 2.24) is 4.57 Å². The second kappa shape index (κ2) is 7.40. The number of nitrogens with one attached hydrogen (secondary N) is 1. The summed E-state index contributed by atoms with van der Waals surface area (Å²) in [4.78, 5) is 35.4. The van der Waals surface area contributed by atoms with Gasteiger partial charge < -0.3 is 24.8 Å². The van der Waals surface area contributed by atoms with Crippen molar-refractivity contribution in [1.29, 1.82) is 0 Å². The molecule has 1 amide bonds. The molecule has 30 heavy (non-hydrogen) atoms. The third-order valence-electron chi connectivity index (χ3n) is 5.17. The minimum absolute atomic E-state index is 0.0129. The number of hydrogen-bond acceptors (Lipinski definition) is 4. The zero-order valence-electron chi connectivity index (χ0n) is 16.0. The quantitative estimate of drug-likeness (QED) is 0.598. The molecule has 0 radical (unpaired) electrons. The smallest absolute Gasteiger partial charge is 0.339 e. The van der Waals surface area contributed by atoms with Crippen LogP contribution in [0.15, 0.2) is 54.7 Å². The number of hydrogen-bond donors (Lipinski definition) is 3. The third kappa shape index (κ3) is 3.28. The van der Waals surface area contributed by atoms with E-state index in [1.165, 1.54) is 18.3 Å². The normalized spacial score (nSPS) is 15.2. The molecular formula is C22H18N2O6. The number of aromatic nitrogens is 1. The van der Waals surface area contributed by atoms with Gasteiger partial charge in [-0.3, -0.25) is 4.79 Å². The van der Waals surface area contributed by atoms with Gasteiger partial charge in [0.05, 0.1) is 24.1 Å². The lowest BCUT2D eigenvalue weighted by molar-refractivity contribution is -0.116. The third-order valence-corrected chi connectivity index (χ3v) is 5.17. The van der Waals surface area contributed by atoms with Crippen LogP contribution in [0.25, 0.3) is 5.69 Å². The number of carbonyl (C=O) groups is 3. The second-order valence-electron chi connectivity index (χ2n) is 6.91. The van der Waals surface area contributed by atoms with Gasteiger partial charge in [0.25, 0.3) is 0 Å². The summed E-state index contributed by atoms with van der Waals surface area (Å²) in [6.45, 7) is 0. The standard InChI is InChI=1S/C22H18N2O6/c1-30-15-8-6-14(7-9-15)24-11-17(22(28)29)19-20(24)16(10-18(25)23-19)12-2-4-13(5-3-12)21(26)27/h2-9,11,16H,10H2,1H3,(H,23,25)(H,26,27)(H,28,29)/t16-/m1/s1. The molecule has 2 aromatic carbocycles. The van der Waals surface area contributed by atoms with E-state index in [0.29, 0.717) is 17.1 Å². The fraction of sp³-hybridized carbons (Fsp3) is 0.136. The van der Waals surface area contributed by atoms with Crippen LogP contribution in [0.4, 0.5) is 5.69 Å². The summed E-state index contributed by atoms with van der Waals surface area (Å²) in [5, 5.41) is 21.5. The van der Waals surface area contributed by atoms with E-state index in [4.69, 9.17) is 9.84 Å². The molecule has 0 fully saturated rings. The van der Waals surface area contributed by atoms with Crippen molar-refractivity contribution in [2.24, 2.45) is 0 Å². The first-order chi connectivity index (χ1) is 14.4. The number of rotatable bonds is 5. The van der Waals surface area contributed by atoms with Crippen LogP contribution >= 0.6 is 0 Å². The van der Waals surface area contributed by atoms with Gasteiger partial charge >= 0.3 is 11.9 Å². The van der Waals surface area contributed by atoms with E-state index in [2.05, 4.69) is 5.32 Å². The highest BCUT2D eigenvalue weighted by Crippen LogP contribution is 2.41. The number of amides is 1. The molecule has 4 rings (SSSR count). The number of benzene rings is 2. The number of carboxylic acids is 2. The Hall–Kier alpha value is -4.07. The van der Waals surface area contributed by atoms with Crippen molar-refractivity contribution < 1.29 is 29.3 Å². The Labute approximate surface area is 171 Å². The maximum absolute atomic E-state index is 12.4. The largest absolute Gasteiger partial charge is 0.497 e. The van der Waals surface area contributed by atoms with Crippen molar-refractivity contribution >= 4 is 23.5 Å². The highest BCUT2D eigenvalue weighted by Gasteiger charge is 2.34. The summed E-state index contributed by atoms with van der Waals surface area (Å²) in [6, 6.07) is 13.4. The van der Waals surface area contributed by atoms with Crippen molar-refractivity contribution in [3.63, 3.8) is 0 Å². The molecule has 3 aromatic rings. The van der Waals surface area contributed by atoms with Crippen LogP contribution in [0.2, 0.25) is 0 Å². The number of carboxylic acid groups (broad SMARTS) is 2. The summed E-state index contributed by atoms with van der Waals surface area (Å²) in [6.07, 6.45) is 1.59. The lowest BCUT2D eigenvalue weighted by atomic mass is 9.87. The molecule has 1 aliphatic rings. The van der Waals surface area contributed by atoms with Crippen LogP contribution in [0.1, 0.15) is 44.3 Å². The Morgan fingerprint density at radius 2 is 1.70 bits per heavy atom. The minimum Gasteiger partial charge on any atom is -0.497 e. The molecule has 0 spiro atoms. The van der Waals surface area contributed by atoms with Crippen molar-refractivity contribution in [2.45, 2.75) is 12.3 Å². The number of nitrogens with zero attached hydrogens (tertiary/aromatic N) is 1. The fourth-order valence-electron chi connectivity index (χ4n) is 3.72. The topological polar surface area (TPSA) is 118 Å². The minimum atomic E-state index is -1.15. The molecule has 0 saturated carbocycles. The van der Waals surface area contributed by atoms with E-state index in [1.54, 1.807) is 48.1 Å². The molecule has 1 aliphatic heterocycles. The summed E-state index contributed by atoms with van der Waals surface area (Å²) in [5.74, 6) is -2.27. The van der Waals surface area contributed by atoms with Crippen molar-refractivity contribution in [2.75, 3.05) is 12.4 Å². The Balaban J connectivity index is 1.89. The number of ether oxygens (including phenoxy) is 1. The SMILES string of the molecule is COc1ccc(-n2cc(C(=O)O)c3c2[C@@H](c2ccc(C(=O)O)cc2)CC(=O)N3)cc1. The van der Waals surface area contributed by atoms with Crippen LogP contribution in [0, 0.1) is 0 Å². The Morgan fingerprint density at radius 3 is 2.27 bits per heavy atom. The molecule has 1 atom stereocenters. The van der Waals surface area contributed by atoms with Gasteiger partial charge in [0.1, 0.15) is 11.3 Å². The van der Waals surface area contributed by atoms with E-state index >= 15 is 0 Å². The van der Waals surface area contributed by atoms with Gasteiger partial charge in [0.15, 0.2) is 0 Å². The lowest BCUT2D eigenvalue weighted by Crippen LogP contribution is -2.25. The van der Waals surface area contributed by atoms with Gasteiger partial charge in [-0.15, -0.1) is 0 Å². The molecule has 2 heterocycles. The van der Waals surface area contributed by atoms with Crippen LogP contribution in [-0.2, 0) is 4.79 Å². The Bertz CT molecular complexity index is 1150. The van der Waals surface area contributed by atoms with Gasteiger partial charge in [-0.1, -0.05) is 12.1 Å². The first kappa shape index (κ1) is 19.3. The molecule has 0 bridgehead atoms. The zero-order valence-corrected chi connectivity index (χ0v) is 16.0. The first-order valence-electron chi connectivity index (χ1n) is 9.15. The summed E-state index contributed by atoms with van der Waals surface area (Å²) in [5.41, 5.74) is 2.43. The molecule has 8 nitrogen and oxygen atoms in total. The van der Waals surface area contributed by atoms with Crippen molar-refractivity contribution in [3.05, 3.63) is 77.1 Å². The van der Waals surface area contributed by atoms with Gasteiger partial charge in [0.2, 0.25) is 5.91 Å². The Morgan fingerprint density at radius 1 is 1.03 bits per heavy atom. The van der Waals surface area contributed by atoms with Gasteiger partial charge in [-0.05, 0) is 42.0 Å². The average molecular weight is 406 g/mol. The van der Waals surface area contributed by atoms with Gasteiger partial charge in [0, 0.05) is 24.2 Å². The van der Waals surface area contributed by atoms with Crippen LogP contribution in [0.3, 0.4) is 0 Å². The summed E-state index contributed by atoms with van der Waals surface area (Å²) < 4.78 is 6.93. The second-order valence-corrected chi connectivity index (χ2v) is 6.91. The van der Waals surface area contributed by atoms with Gasteiger partial charge in [-0.25, -0.2) is 9.59 Å². The monoisotopic (exact) mass is 406 g/mol. The number of anilines is 1.